The van der Waals surface area contributed by atoms with Crippen molar-refractivity contribution in [1.82, 2.24) is 4.98 Å². The summed E-state index contributed by atoms with van der Waals surface area (Å²) in [6.07, 6.45) is 1.70. The van der Waals surface area contributed by atoms with E-state index in [1.165, 1.54) is 11.8 Å². The number of thioether (sulfide) groups is 1. The summed E-state index contributed by atoms with van der Waals surface area (Å²) in [5.74, 6) is 0.390. The Bertz CT molecular complexity index is 448. The lowest BCUT2D eigenvalue weighted by Gasteiger charge is -2.02. The maximum atomic E-state index is 10.7. The van der Waals surface area contributed by atoms with Crippen molar-refractivity contribution in [3.05, 3.63) is 22.3 Å². The molecule has 0 saturated carbocycles. The molecule has 0 spiro atoms. The van der Waals surface area contributed by atoms with Gasteiger partial charge in [0.15, 0.2) is 0 Å². The minimum absolute atomic E-state index is 0.0333. The summed E-state index contributed by atoms with van der Waals surface area (Å²) in [5.41, 5.74) is 1.07. The molecule has 0 fully saturated rings. The Balaban J connectivity index is 2.55. The third-order valence-electron chi connectivity index (χ3n) is 1.64. The van der Waals surface area contributed by atoms with E-state index in [0.29, 0.717) is 5.75 Å². The Labute approximate surface area is 102 Å². The van der Waals surface area contributed by atoms with E-state index in [-0.39, 0.29) is 5.75 Å². The number of primary sulfonamides is 1. The molecular weight excluding hydrogens is 300 g/mol. The molecule has 4 nitrogen and oxygen atoms in total. The van der Waals surface area contributed by atoms with Crippen molar-refractivity contribution in [2.45, 2.75) is 11.9 Å². The van der Waals surface area contributed by atoms with Crippen LogP contribution in [0.15, 0.2) is 21.8 Å². The van der Waals surface area contributed by atoms with Crippen LogP contribution in [0, 0.1) is 6.92 Å². The maximum Gasteiger partial charge on any atom is 0.209 e. The van der Waals surface area contributed by atoms with E-state index >= 15 is 0 Å². The van der Waals surface area contributed by atoms with E-state index in [9.17, 15) is 8.42 Å². The number of hydrogen-bond donors (Lipinski definition) is 1. The summed E-state index contributed by atoms with van der Waals surface area (Å²) in [5, 5.41) is 5.69. The Hall–Kier alpha value is -0.110. The predicted molar refractivity (Wildman–Crippen MR) is 65.4 cm³/mol. The fourth-order valence-corrected chi connectivity index (χ4v) is 2.93. The third-order valence-corrected chi connectivity index (χ3v) is 4.43. The van der Waals surface area contributed by atoms with Gasteiger partial charge in [-0.05, 0) is 34.5 Å². The Morgan fingerprint density at radius 2 is 2.27 bits per heavy atom. The van der Waals surface area contributed by atoms with E-state index < -0.39 is 10.0 Å². The lowest BCUT2D eigenvalue weighted by atomic mass is 10.3. The fraction of sp³-hybridized carbons (Fsp3) is 0.375. The van der Waals surface area contributed by atoms with Gasteiger partial charge in [0.25, 0.3) is 0 Å². The van der Waals surface area contributed by atoms with Crippen molar-refractivity contribution in [2.24, 2.45) is 5.14 Å². The molecule has 0 saturated heterocycles. The number of nitrogens with zero attached hydrogens (tertiary/aromatic N) is 1. The van der Waals surface area contributed by atoms with Crippen LogP contribution >= 0.6 is 27.7 Å². The van der Waals surface area contributed by atoms with E-state index in [1.54, 1.807) is 6.20 Å². The molecular formula is C8H11BrN2O2S2. The van der Waals surface area contributed by atoms with Gasteiger partial charge in [-0.2, -0.15) is 0 Å². The summed E-state index contributed by atoms with van der Waals surface area (Å²) in [6, 6.07) is 1.90. The van der Waals surface area contributed by atoms with Crippen molar-refractivity contribution < 1.29 is 8.42 Å². The minimum Gasteiger partial charge on any atom is -0.249 e. The second-order valence-corrected chi connectivity index (χ2v) is 6.69. The second-order valence-electron chi connectivity index (χ2n) is 2.99. The molecule has 7 heteroatoms. The molecule has 0 radical (unpaired) electrons. The van der Waals surface area contributed by atoms with Crippen LogP contribution in [0.2, 0.25) is 0 Å². The lowest BCUT2D eigenvalue weighted by molar-refractivity contribution is 0.599. The molecule has 1 heterocycles. The van der Waals surface area contributed by atoms with Gasteiger partial charge in [-0.25, -0.2) is 18.5 Å². The number of rotatable bonds is 4. The van der Waals surface area contributed by atoms with Gasteiger partial charge in [-0.15, -0.1) is 11.8 Å². The largest absolute Gasteiger partial charge is 0.249 e. The summed E-state index contributed by atoms with van der Waals surface area (Å²) in [6.45, 7) is 1.95. The van der Waals surface area contributed by atoms with Gasteiger partial charge in [-0.3, -0.25) is 0 Å². The molecule has 15 heavy (non-hydrogen) atoms. The number of aryl methyl sites for hydroxylation is 1. The van der Waals surface area contributed by atoms with Crippen LogP contribution in [0.4, 0.5) is 0 Å². The van der Waals surface area contributed by atoms with Crippen LogP contribution < -0.4 is 5.14 Å². The molecule has 0 aliphatic carbocycles. The average Bonchev–Trinajstić information content (AvgIpc) is 2.09. The predicted octanol–water partition coefficient (Wildman–Crippen LogP) is 1.53. The van der Waals surface area contributed by atoms with Crippen LogP contribution in [0.3, 0.4) is 0 Å². The fourth-order valence-electron chi connectivity index (χ4n) is 0.855. The first-order valence-electron chi connectivity index (χ1n) is 4.14. The molecule has 0 aliphatic heterocycles. The zero-order valence-electron chi connectivity index (χ0n) is 8.10. The number of halogens is 1. The van der Waals surface area contributed by atoms with Gasteiger partial charge >= 0.3 is 0 Å². The van der Waals surface area contributed by atoms with Crippen LogP contribution in [0.1, 0.15) is 5.56 Å². The van der Waals surface area contributed by atoms with Gasteiger partial charge in [0, 0.05) is 16.4 Å². The Morgan fingerprint density at radius 1 is 1.60 bits per heavy atom. The zero-order valence-corrected chi connectivity index (χ0v) is 11.3. The number of nitrogens with two attached hydrogens (primary N) is 1. The molecule has 1 aromatic heterocycles. The molecule has 84 valence electrons. The van der Waals surface area contributed by atoms with Gasteiger partial charge in [0.2, 0.25) is 10.0 Å². The van der Waals surface area contributed by atoms with Gasteiger partial charge in [0.1, 0.15) is 0 Å². The van der Waals surface area contributed by atoms with Crippen molar-refractivity contribution in [2.75, 3.05) is 11.5 Å². The first kappa shape index (κ1) is 13.0. The lowest BCUT2D eigenvalue weighted by Crippen LogP contribution is -2.17. The Morgan fingerprint density at radius 3 is 2.80 bits per heavy atom. The highest BCUT2D eigenvalue weighted by atomic mass is 79.9. The topological polar surface area (TPSA) is 73.1 Å². The highest BCUT2D eigenvalue weighted by molar-refractivity contribution is 9.10. The van der Waals surface area contributed by atoms with Gasteiger partial charge < -0.3 is 0 Å². The maximum absolute atomic E-state index is 10.7. The van der Waals surface area contributed by atoms with Crippen molar-refractivity contribution in [3.63, 3.8) is 0 Å². The second kappa shape index (κ2) is 5.29. The zero-order chi connectivity index (χ0) is 11.5. The van der Waals surface area contributed by atoms with Crippen LogP contribution in [0.5, 0.6) is 0 Å². The molecule has 0 aromatic carbocycles. The first-order chi connectivity index (χ1) is 6.88. The highest BCUT2D eigenvalue weighted by Gasteiger charge is 2.04. The molecule has 0 aliphatic rings. The smallest absolute Gasteiger partial charge is 0.209 e. The molecule has 1 aromatic rings. The van der Waals surface area contributed by atoms with E-state index in [4.69, 9.17) is 5.14 Å². The normalized spacial score (nSPS) is 11.7. The average molecular weight is 311 g/mol. The SMILES string of the molecule is Cc1cc(SCCS(N)(=O)=O)ncc1Br. The Kier molecular flexibility index (Phi) is 4.57. The van der Waals surface area contributed by atoms with Crippen LogP contribution in [0.25, 0.3) is 0 Å². The van der Waals surface area contributed by atoms with Crippen LogP contribution in [-0.2, 0) is 10.0 Å². The van der Waals surface area contributed by atoms with E-state index in [1.807, 2.05) is 13.0 Å². The number of pyridine rings is 1. The van der Waals surface area contributed by atoms with Gasteiger partial charge in [-0.1, -0.05) is 0 Å². The van der Waals surface area contributed by atoms with Crippen LogP contribution in [-0.4, -0.2) is 24.9 Å². The minimum atomic E-state index is -3.37. The highest BCUT2D eigenvalue weighted by Crippen LogP contribution is 2.21. The molecule has 2 N–H and O–H groups in total. The van der Waals surface area contributed by atoms with Gasteiger partial charge in [0.05, 0.1) is 10.8 Å². The van der Waals surface area contributed by atoms with Crippen molar-refractivity contribution in [3.8, 4) is 0 Å². The first-order valence-corrected chi connectivity index (χ1v) is 7.63. The summed E-state index contributed by atoms with van der Waals surface area (Å²) >= 11 is 4.72. The number of hydrogen-bond acceptors (Lipinski definition) is 4. The van der Waals surface area contributed by atoms with Crippen molar-refractivity contribution >= 4 is 37.7 Å². The monoisotopic (exact) mass is 310 g/mol. The molecule has 1 rings (SSSR count). The summed E-state index contributed by atoms with van der Waals surface area (Å²) in [4.78, 5) is 4.14. The third kappa shape index (κ3) is 4.96. The quantitative estimate of drug-likeness (QED) is 0.856. The molecule has 0 amide bonds. The molecule has 0 unspecified atom stereocenters. The molecule has 0 atom stereocenters. The molecule has 0 bridgehead atoms. The standard InChI is InChI=1S/C8H11BrN2O2S2/c1-6-4-8(11-5-7(6)9)14-2-3-15(10,12)13/h4-5H,2-3H2,1H3,(H2,10,12,13). The summed E-state index contributed by atoms with van der Waals surface area (Å²) in [7, 11) is -3.37. The number of sulfonamides is 1. The van der Waals surface area contributed by atoms with E-state index in [0.717, 1.165) is 15.1 Å². The summed E-state index contributed by atoms with van der Waals surface area (Å²) < 4.78 is 22.3. The number of aromatic nitrogens is 1. The van der Waals surface area contributed by atoms with Crippen molar-refractivity contribution in [1.29, 1.82) is 0 Å². The van der Waals surface area contributed by atoms with E-state index in [2.05, 4.69) is 20.9 Å².